The first kappa shape index (κ1) is 29.2. The third-order valence-corrected chi connectivity index (χ3v) is 4.35. The number of benzene rings is 1. The van der Waals surface area contributed by atoms with E-state index in [4.69, 9.17) is 9.47 Å². The second-order valence-electron chi connectivity index (χ2n) is 8.17. The van der Waals surface area contributed by atoms with E-state index in [9.17, 15) is 18.0 Å². The molecule has 34 heavy (non-hydrogen) atoms. The number of nitrogens with zero attached hydrogens (tertiary/aromatic N) is 3. The molecule has 1 saturated heterocycles. The Hall–Kier alpha value is -2.88. The summed E-state index contributed by atoms with van der Waals surface area (Å²) in [4.78, 5) is 21.3. The van der Waals surface area contributed by atoms with Crippen LogP contribution in [0.5, 0.6) is 0 Å². The standard InChI is InChI=1S/C17H22F3NO3.C5H7N3.C2H6/c1-16(2,3)24-15(22)21-9-8-14(10-21)23-11-12-4-6-13(7-5-12)17(18,19)20;1-6-5-7-3-2-4-8-5;1-2/h4-7,14H,8-11H2,1-3H3;2-4H,1H3,(H,6,7,8);1-2H3. The van der Waals surface area contributed by atoms with Crippen molar-refractivity contribution >= 4 is 12.0 Å². The number of carbonyl (C=O) groups is 1. The smallest absolute Gasteiger partial charge is 0.416 e. The van der Waals surface area contributed by atoms with Crippen LogP contribution in [0, 0.1) is 0 Å². The van der Waals surface area contributed by atoms with Crippen molar-refractivity contribution in [2.24, 2.45) is 0 Å². The highest BCUT2D eigenvalue weighted by Gasteiger charge is 2.31. The number of nitrogens with one attached hydrogen (secondary N) is 1. The van der Waals surface area contributed by atoms with E-state index >= 15 is 0 Å². The first-order valence-electron chi connectivity index (χ1n) is 11.2. The summed E-state index contributed by atoms with van der Waals surface area (Å²) in [6.07, 6.45) is -0.779. The van der Waals surface area contributed by atoms with Gasteiger partial charge >= 0.3 is 12.3 Å². The van der Waals surface area contributed by atoms with E-state index in [2.05, 4.69) is 15.3 Å². The number of ether oxygens (including phenoxy) is 2. The highest BCUT2D eigenvalue weighted by molar-refractivity contribution is 5.68. The van der Waals surface area contributed by atoms with Crippen LogP contribution in [0.15, 0.2) is 42.7 Å². The Bertz CT molecular complexity index is 841. The van der Waals surface area contributed by atoms with Crippen molar-refractivity contribution in [2.75, 3.05) is 25.5 Å². The molecule has 190 valence electrons. The fourth-order valence-electron chi connectivity index (χ4n) is 2.79. The number of aromatic nitrogens is 2. The number of carbonyl (C=O) groups excluding carboxylic acids is 1. The zero-order valence-corrected chi connectivity index (χ0v) is 20.6. The van der Waals surface area contributed by atoms with Crippen LogP contribution in [0.1, 0.15) is 52.2 Å². The van der Waals surface area contributed by atoms with Crippen LogP contribution in [0.25, 0.3) is 0 Å². The minimum absolute atomic E-state index is 0.139. The highest BCUT2D eigenvalue weighted by atomic mass is 19.4. The molecule has 1 amide bonds. The molecule has 0 aliphatic carbocycles. The van der Waals surface area contributed by atoms with E-state index in [1.807, 2.05) is 13.8 Å². The van der Waals surface area contributed by atoms with Gasteiger partial charge in [0.05, 0.1) is 24.8 Å². The molecule has 3 rings (SSSR count). The monoisotopic (exact) mass is 484 g/mol. The van der Waals surface area contributed by atoms with Gasteiger partial charge in [0.25, 0.3) is 0 Å². The number of rotatable bonds is 4. The largest absolute Gasteiger partial charge is 0.444 e. The lowest BCUT2D eigenvalue weighted by Gasteiger charge is -2.24. The van der Waals surface area contributed by atoms with Crippen LogP contribution in [-0.4, -0.2) is 52.8 Å². The number of anilines is 1. The zero-order valence-electron chi connectivity index (χ0n) is 20.6. The predicted molar refractivity (Wildman–Crippen MR) is 125 cm³/mol. The normalized spacial score (nSPS) is 15.4. The third kappa shape index (κ3) is 10.8. The average molecular weight is 485 g/mol. The van der Waals surface area contributed by atoms with Gasteiger partial charge in [-0.2, -0.15) is 13.2 Å². The second-order valence-corrected chi connectivity index (χ2v) is 8.17. The molecule has 1 unspecified atom stereocenters. The molecule has 1 atom stereocenters. The Morgan fingerprint density at radius 3 is 2.18 bits per heavy atom. The molecule has 2 aromatic rings. The summed E-state index contributed by atoms with van der Waals surface area (Å²) < 4.78 is 48.5. The molecule has 0 radical (unpaired) electrons. The topological polar surface area (TPSA) is 76.6 Å². The molecule has 10 heteroatoms. The summed E-state index contributed by atoms with van der Waals surface area (Å²) in [5, 5.41) is 2.80. The van der Waals surface area contributed by atoms with Gasteiger partial charge in [0.2, 0.25) is 5.95 Å². The second kappa shape index (κ2) is 13.7. The molecule has 2 heterocycles. The van der Waals surface area contributed by atoms with E-state index in [1.165, 1.54) is 12.1 Å². The fraction of sp³-hybridized carbons (Fsp3) is 0.542. The van der Waals surface area contributed by atoms with E-state index in [0.29, 0.717) is 31.0 Å². The number of likely N-dealkylation sites (tertiary alicyclic amines) is 1. The Balaban J connectivity index is 0.000000483. The van der Waals surface area contributed by atoms with Crippen molar-refractivity contribution in [2.45, 2.75) is 65.5 Å². The van der Waals surface area contributed by atoms with Gasteiger partial charge in [0.1, 0.15) is 5.60 Å². The van der Waals surface area contributed by atoms with Crippen molar-refractivity contribution in [3.63, 3.8) is 0 Å². The van der Waals surface area contributed by atoms with Gasteiger partial charge in [-0.1, -0.05) is 26.0 Å². The summed E-state index contributed by atoms with van der Waals surface area (Å²) in [6, 6.07) is 6.67. The first-order chi connectivity index (χ1) is 16.0. The number of hydrogen-bond acceptors (Lipinski definition) is 6. The predicted octanol–water partition coefficient (Wildman–Crippen LogP) is 5.78. The number of alkyl halides is 3. The lowest BCUT2D eigenvalue weighted by atomic mass is 10.1. The summed E-state index contributed by atoms with van der Waals surface area (Å²) in [5.74, 6) is 0.660. The molecule has 0 bridgehead atoms. The van der Waals surface area contributed by atoms with Crippen molar-refractivity contribution in [1.29, 1.82) is 0 Å². The van der Waals surface area contributed by atoms with Crippen LogP contribution < -0.4 is 5.32 Å². The van der Waals surface area contributed by atoms with Gasteiger partial charge in [-0.05, 0) is 51.0 Å². The van der Waals surface area contributed by atoms with Gasteiger partial charge < -0.3 is 19.7 Å². The molecule has 1 fully saturated rings. The van der Waals surface area contributed by atoms with Gasteiger partial charge in [-0.15, -0.1) is 0 Å². The maximum atomic E-state index is 12.5. The Morgan fingerprint density at radius 2 is 1.71 bits per heavy atom. The van der Waals surface area contributed by atoms with Crippen LogP contribution in [-0.2, 0) is 22.3 Å². The summed E-state index contributed by atoms with van der Waals surface area (Å²) in [6.45, 7) is 10.6. The minimum Gasteiger partial charge on any atom is -0.444 e. The van der Waals surface area contributed by atoms with Crippen LogP contribution in [0.3, 0.4) is 0 Å². The number of halogens is 3. The summed E-state index contributed by atoms with van der Waals surface area (Å²) >= 11 is 0. The Labute approximate surface area is 199 Å². The van der Waals surface area contributed by atoms with Crippen molar-refractivity contribution in [3.05, 3.63) is 53.9 Å². The zero-order chi connectivity index (χ0) is 25.8. The molecule has 1 aromatic heterocycles. The first-order valence-corrected chi connectivity index (χ1v) is 11.2. The van der Waals surface area contributed by atoms with E-state index in [-0.39, 0.29) is 18.8 Å². The van der Waals surface area contributed by atoms with Crippen molar-refractivity contribution in [3.8, 4) is 0 Å². The Morgan fingerprint density at radius 1 is 1.12 bits per heavy atom. The van der Waals surface area contributed by atoms with Gasteiger partial charge in [0, 0.05) is 26.0 Å². The lowest BCUT2D eigenvalue weighted by molar-refractivity contribution is -0.137. The van der Waals surface area contributed by atoms with Gasteiger partial charge in [-0.3, -0.25) is 0 Å². The van der Waals surface area contributed by atoms with Crippen molar-refractivity contribution < 1.29 is 27.4 Å². The molecule has 1 N–H and O–H groups in total. The SMILES string of the molecule is CC.CC(C)(C)OC(=O)N1CCC(OCc2ccc(C(F)(F)F)cc2)C1.CNc1ncccn1. The number of hydrogen-bond donors (Lipinski definition) is 1. The number of amides is 1. The quantitative estimate of drug-likeness (QED) is 0.593. The van der Waals surface area contributed by atoms with Gasteiger partial charge in [0.15, 0.2) is 0 Å². The minimum atomic E-state index is -4.33. The molecular formula is C24H35F3N4O3. The van der Waals surface area contributed by atoms with E-state index in [1.54, 1.807) is 51.2 Å². The lowest BCUT2D eigenvalue weighted by Crippen LogP contribution is -2.36. The summed E-state index contributed by atoms with van der Waals surface area (Å²) in [5.41, 5.74) is -0.557. The average Bonchev–Trinajstić information content (AvgIpc) is 3.28. The van der Waals surface area contributed by atoms with E-state index in [0.717, 1.165) is 12.1 Å². The fourth-order valence-corrected chi connectivity index (χ4v) is 2.79. The van der Waals surface area contributed by atoms with Crippen LogP contribution in [0.2, 0.25) is 0 Å². The van der Waals surface area contributed by atoms with Crippen molar-refractivity contribution in [1.82, 2.24) is 14.9 Å². The molecule has 7 nitrogen and oxygen atoms in total. The summed E-state index contributed by atoms with van der Waals surface area (Å²) in [7, 11) is 1.79. The van der Waals surface area contributed by atoms with Crippen LogP contribution in [0.4, 0.5) is 23.9 Å². The van der Waals surface area contributed by atoms with Gasteiger partial charge in [-0.25, -0.2) is 14.8 Å². The molecule has 0 spiro atoms. The maximum absolute atomic E-state index is 12.5. The Kier molecular flexibility index (Phi) is 11.8. The molecular weight excluding hydrogens is 449 g/mol. The molecule has 1 aliphatic rings. The molecule has 1 aromatic carbocycles. The van der Waals surface area contributed by atoms with Crippen LogP contribution >= 0.6 is 0 Å². The molecule has 1 aliphatic heterocycles. The highest BCUT2D eigenvalue weighted by Crippen LogP contribution is 2.29. The third-order valence-electron chi connectivity index (χ3n) is 4.35. The maximum Gasteiger partial charge on any atom is 0.416 e. The van der Waals surface area contributed by atoms with E-state index < -0.39 is 17.3 Å². The molecule has 0 saturated carbocycles.